The fourth-order valence-corrected chi connectivity index (χ4v) is 3.86. The van der Waals surface area contributed by atoms with Gasteiger partial charge in [0.1, 0.15) is 5.54 Å². The maximum atomic E-state index is 12.4. The summed E-state index contributed by atoms with van der Waals surface area (Å²) in [5.74, 6) is -0.161. The van der Waals surface area contributed by atoms with Gasteiger partial charge in [-0.05, 0) is 25.3 Å². The lowest BCUT2D eigenvalue weighted by Gasteiger charge is -2.28. The largest absolute Gasteiger partial charge is 0.356 e. The molecule has 0 unspecified atom stereocenters. The molecule has 138 valence electrons. The molecule has 0 bridgehead atoms. The minimum atomic E-state index is -0.880. The zero-order chi connectivity index (χ0) is 19.2. The molecule has 1 aromatic carbocycles. The molecule has 0 spiro atoms. The summed E-state index contributed by atoms with van der Waals surface area (Å²) in [6.07, 6.45) is 0. The summed E-state index contributed by atoms with van der Waals surface area (Å²) in [5.41, 5.74) is 0.282. The molecule has 0 aliphatic rings. The second kappa shape index (κ2) is 9.01. The number of rotatable bonds is 8. The molecule has 1 amide bonds. The van der Waals surface area contributed by atoms with E-state index in [4.69, 9.17) is 0 Å². The van der Waals surface area contributed by atoms with Crippen molar-refractivity contribution in [1.82, 2.24) is 15.5 Å². The zero-order valence-electron chi connectivity index (χ0n) is 15.3. The van der Waals surface area contributed by atoms with Gasteiger partial charge in [0.05, 0.1) is 11.3 Å². The lowest BCUT2D eigenvalue weighted by atomic mass is 9.90. The Morgan fingerprint density at radius 3 is 2.62 bits per heavy atom. The van der Waals surface area contributed by atoms with Gasteiger partial charge >= 0.3 is 0 Å². The molecule has 2 aromatic rings. The molecule has 0 saturated heterocycles. The molecule has 26 heavy (non-hydrogen) atoms. The van der Waals surface area contributed by atoms with Crippen LogP contribution in [0, 0.1) is 17.2 Å². The highest BCUT2D eigenvalue weighted by Gasteiger charge is 2.32. The van der Waals surface area contributed by atoms with Gasteiger partial charge in [-0.3, -0.25) is 4.79 Å². The molecule has 6 nitrogen and oxygen atoms in total. The summed E-state index contributed by atoms with van der Waals surface area (Å²) < 4.78 is 0.714. The highest BCUT2D eigenvalue weighted by atomic mass is 32.2. The molecule has 2 N–H and O–H groups in total. The van der Waals surface area contributed by atoms with Crippen molar-refractivity contribution in [2.75, 3.05) is 5.32 Å². The van der Waals surface area contributed by atoms with E-state index in [0.29, 0.717) is 16.0 Å². The molecular formula is C18H23N5OS2. The van der Waals surface area contributed by atoms with E-state index in [1.54, 1.807) is 13.8 Å². The number of carbonyl (C=O) groups is 1. The summed E-state index contributed by atoms with van der Waals surface area (Å²) in [6, 6.07) is 12.2. The van der Waals surface area contributed by atoms with Gasteiger partial charge in [-0.1, -0.05) is 67.3 Å². The molecule has 0 aliphatic carbocycles. The van der Waals surface area contributed by atoms with Gasteiger partial charge in [0.15, 0.2) is 4.34 Å². The topological polar surface area (TPSA) is 90.7 Å². The van der Waals surface area contributed by atoms with Gasteiger partial charge in [0.25, 0.3) is 0 Å². The van der Waals surface area contributed by atoms with Crippen LogP contribution in [0.5, 0.6) is 0 Å². The minimum absolute atomic E-state index is 0.0176. The Kier molecular flexibility index (Phi) is 7.00. The molecule has 8 heteroatoms. The molecule has 1 heterocycles. The van der Waals surface area contributed by atoms with E-state index in [1.807, 2.05) is 44.2 Å². The first kappa shape index (κ1) is 20.2. The van der Waals surface area contributed by atoms with Gasteiger partial charge in [-0.2, -0.15) is 5.26 Å². The highest BCUT2D eigenvalue weighted by Crippen LogP contribution is 2.29. The molecule has 0 aliphatic heterocycles. The Labute approximate surface area is 162 Å². The average molecular weight is 390 g/mol. The second-order valence-corrected chi connectivity index (χ2v) is 9.00. The van der Waals surface area contributed by atoms with E-state index < -0.39 is 5.54 Å². The van der Waals surface area contributed by atoms with Crippen LogP contribution in [-0.2, 0) is 11.3 Å². The third kappa shape index (κ3) is 5.44. The monoisotopic (exact) mass is 389 g/mol. The molecule has 0 fully saturated rings. The van der Waals surface area contributed by atoms with Gasteiger partial charge in [0.2, 0.25) is 11.0 Å². The molecular weight excluding hydrogens is 366 g/mol. The Morgan fingerprint density at radius 2 is 2.00 bits per heavy atom. The van der Waals surface area contributed by atoms with Gasteiger partial charge < -0.3 is 10.6 Å². The number of nitrogens with one attached hydrogen (secondary N) is 2. The predicted molar refractivity (Wildman–Crippen MR) is 106 cm³/mol. The van der Waals surface area contributed by atoms with Crippen molar-refractivity contribution in [2.45, 2.75) is 49.4 Å². The first-order chi connectivity index (χ1) is 12.3. The maximum absolute atomic E-state index is 12.4. The number of aromatic nitrogens is 2. The van der Waals surface area contributed by atoms with Crippen LogP contribution in [0.2, 0.25) is 0 Å². The quantitative estimate of drug-likeness (QED) is 0.669. The summed E-state index contributed by atoms with van der Waals surface area (Å²) >= 11 is 2.75. The van der Waals surface area contributed by atoms with E-state index in [1.165, 1.54) is 23.1 Å². The smallest absolute Gasteiger partial charge is 0.234 e. The van der Waals surface area contributed by atoms with Crippen LogP contribution in [0.3, 0.4) is 0 Å². The van der Waals surface area contributed by atoms with E-state index in [2.05, 4.69) is 26.9 Å². The Morgan fingerprint density at radius 1 is 1.31 bits per heavy atom. The fourth-order valence-electron chi connectivity index (χ4n) is 1.97. The Balaban J connectivity index is 1.89. The number of thioether (sulfide) groups is 1. The molecule has 2 rings (SSSR count). The number of amides is 1. The van der Waals surface area contributed by atoms with Crippen molar-refractivity contribution in [3.05, 3.63) is 35.9 Å². The number of benzene rings is 1. The van der Waals surface area contributed by atoms with E-state index >= 15 is 0 Å². The minimum Gasteiger partial charge on any atom is -0.356 e. The number of anilines is 1. The number of hydrogen-bond donors (Lipinski definition) is 2. The molecule has 0 radical (unpaired) electrons. The molecule has 0 saturated carbocycles. The lowest BCUT2D eigenvalue weighted by Crippen LogP contribution is -2.51. The van der Waals surface area contributed by atoms with Crippen molar-refractivity contribution < 1.29 is 4.79 Å². The van der Waals surface area contributed by atoms with Crippen LogP contribution >= 0.6 is 23.1 Å². The summed E-state index contributed by atoms with van der Waals surface area (Å²) in [5, 5.41) is 24.0. The zero-order valence-corrected chi connectivity index (χ0v) is 16.9. The van der Waals surface area contributed by atoms with E-state index in [0.717, 1.165) is 5.56 Å². The van der Waals surface area contributed by atoms with Crippen molar-refractivity contribution in [1.29, 1.82) is 5.26 Å². The van der Waals surface area contributed by atoms with Crippen LogP contribution in [-0.4, -0.2) is 26.9 Å². The van der Waals surface area contributed by atoms with Gasteiger partial charge in [-0.15, -0.1) is 10.2 Å². The maximum Gasteiger partial charge on any atom is 0.234 e. The second-order valence-electron chi connectivity index (χ2n) is 6.43. The van der Waals surface area contributed by atoms with Crippen molar-refractivity contribution in [2.24, 2.45) is 5.92 Å². The van der Waals surface area contributed by atoms with Crippen molar-refractivity contribution >= 4 is 34.1 Å². The number of nitriles is 1. The summed E-state index contributed by atoms with van der Waals surface area (Å²) in [4.78, 5) is 12.4. The van der Waals surface area contributed by atoms with Crippen LogP contribution in [0.25, 0.3) is 0 Å². The number of nitrogens with zero attached hydrogens (tertiary/aromatic N) is 3. The molecule has 1 aromatic heterocycles. The average Bonchev–Trinajstić information content (AvgIpc) is 3.07. The van der Waals surface area contributed by atoms with E-state index in [-0.39, 0.29) is 17.1 Å². The third-order valence-corrected chi connectivity index (χ3v) is 6.17. The normalized spacial score (nSPS) is 14.3. The van der Waals surface area contributed by atoms with Crippen LogP contribution in [0.4, 0.5) is 5.13 Å². The predicted octanol–water partition coefficient (Wildman–Crippen LogP) is 3.69. The third-order valence-electron chi connectivity index (χ3n) is 4.11. The Bertz CT molecular complexity index is 771. The highest BCUT2D eigenvalue weighted by molar-refractivity contribution is 8.02. The number of carbonyl (C=O) groups excluding carboxylic acids is 1. The van der Waals surface area contributed by atoms with Crippen molar-refractivity contribution in [3.63, 3.8) is 0 Å². The molecule has 2 atom stereocenters. The summed E-state index contributed by atoms with van der Waals surface area (Å²) in [6.45, 7) is 8.04. The Hall–Kier alpha value is -2.11. The van der Waals surface area contributed by atoms with Gasteiger partial charge in [0, 0.05) is 6.54 Å². The number of hydrogen-bond acceptors (Lipinski definition) is 7. The van der Waals surface area contributed by atoms with Gasteiger partial charge in [-0.25, -0.2) is 0 Å². The van der Waals surface area contributed by atoms with E-state index in [9.17, 15) is 10.1 Å². The van der Waals surface area contributed by atoms with Crippen LogP contribution < -0.4 is 10.6 Å². The SMILES string of the molecule is CC(C)[C@@](C)(C#N)NC(=O)[C@@H](C)Sc1nnc(NCc2ccccc2)s1. The first-order valence-corrected chi connectivity index (χ1v) is 10.0. The summed E-state index contributed by atoms with van der Waals surface area (Å²) in [7, 11) is 0. The fraction of sp³-hybridized carbons (Fsp3) is 0.444. The van der Waals surface area contributed by atoms with Crippen LogP contribution in [0.15, 0.2) is 34.7 Å². The standard InChI is InChI=1S/C18H23N5OS2/c1-12(2)18(4,11-19)21-15(24)13(3)25-17-23-22-16(26-17)20-10-14-8-6-5-7-9-14/h5-9,12-13H,10H2,1-4H3,(H,20,22)(H,21,24)/t13-,18-/m1/s1. The van der Waals surface area contributed by atoms with Crippen LogP contribution in [0.1, 0.15) is 33.3 Å². The van der Waals surface area contributed by atoms with Crippen molar-refractivity contribution in [3.8, 4) is 6.07 Å². The lowest BCUT2D eigenvalue weighted by molar-refractivity contribution is -0.121. The first-order valence-electron chi connectivity index (χ1n) is 8.35.